The van der Waals surface area contributed by atoms with E-state index in [2.05, 4.69) is 35.2 Å². The summed E-state index contributed by atoms with van der Waals surface area (Å²) in [5.74, 6) is 0.987. The van der Waals surface area contributed by atoms with Crippen LogP contribution in [-0.2, 0) is 30.4 Å². The number of carbonyl (C=O) groups is 1. The zero-order valence-electron chi connectivity index (χ0n) is 21.7. The molecule has 8 heteroatoms. The van der Waals surface area contributed by atoms with E-state index in [0.717, 1.165) is 43.1 Å². The minimum absolute atomic E-state index is 0.235. The summed E-state index contributed by atoms with van der Waals surface area (Å²) in [6, 6.07) is 10.9. The van der Waals surface area contributed by atoms with Gasteiger partial charge in [-0.3, -0.25) is 0 Å². The highest BCUT2D eigenvalue weighted by Gasteiger charge is 2.42. The van der Waals surface area contributed by atoms with Crippen LogP contribution in [-0.4, -0.2) is 58.5 Å². The number of rotatable bonds is 3. The van der Waals surface area contributed by atoms with Crippen LogP contribution in [0.3, 0.4) is 0 Å². The molecule has 1 saturated heterocycles. The summed E-state index contributed by atoms with van der Waals surface area (Å²) < 4.78 is 5.63. The highest BCUT2D eigenvalue weighted by atomic mass is 32.2. The zero-order chi connectivity index (χ0) is 25.5. The van der Waals surface area contributed by atoms with Crippen molar-refractivity contribution in [1.29, 1.82) is 5.26 Å². The second-order valence-corrected chi connectivity index (χ2v) is 12.2. The van der Waals surface area contributed by atoms with Gasteiger partial charge in [0.15, 0.2) is 5.16 Å². The average molecular weight is 506 g/mol. The predicted octanol–water partition coefficient (Wildman–Crippen LogP) is 4.81. The third kappa shape index (κ3) is 4.90. The molecule has 36 heavy (non-hydrogen) atoms. The Morgan fingerprint density at radius 2 is 1.92 bits per heavy atom. The smallest absolute Gasteiger partial charge is 0.410 e. The first-order chi connectivity index (χ1) is 17.2. The largest absolute Gasteiger partial charge is 0.444 e. The maximum atomic E-state index is 12.9. The van der Waals surface area contributed by atoms with Crippen LogP contribution in [0.4, 0.5) is 10.6 Å². The molecule has 190 valence electrons. The SMILES string of the molecule is CSc1nc2c(c(N3CCN(C(=O)OC(C)(C)C)[C@@H](CC#N)C3)n1)CCC1(Cc3ccccc3C1)C2. The number of fused-ring (bicyclic) bond motifs is 2. The Bertz CT molecular complexity index is 1180. The van der Waals surface area contributed by atoms with E-state index in [9.17, 15) is 10.1 Å². The van der Waals surface area contributed by atoms with Gasteiger partial charge in [0.1, 0.15) is 11.4 Å². The summed E-state index contributed by atoms with van der Waals surface area (Å²) >= 11 is 1.58. The van der Waals surface area contributed by atoms with Gasteiger partial charge >= 0.3 is 6.09 Å². The number of amides is 1. The first kappa shape index (κ1) is 24.9. The van der Waals surface area contributed by atoms with Crippen LogP contribution >= 0.6 is 11.8 Å². The lowest BCUT2D eigenvalue weighted by atomic mass is 9.71. The van der Waals surface area contributed by atoms with Crippen molar-refractivity contribution < 1.29 is 9.53 Å². The lowest BCUT2D eigenvalue weighted by Gasteiger charge is -2.43. The molecule has 1 fully saturated rings. The molecule has 0 bridgehead atoms. The van der Waals surface area contributed by atoms with Gasteiger partial charge in [-0.25, -0.2) is 14.8 Å². The predicted molar refractivity (Wildman–Crippen MR) is 141 cm³/mol. The van der Waals surface area contributed by atoms with Crippen molar-refractivity contribution in [3.63, 3.8) is 0 Å². The molecule has 1 aromatic heterocycles. The normalized spacial score (nSPS) is 20.6. The number of thioether (sulfide) groups is 1. The Labute approximate surface area is 218 Å². The first-order valence-electron chi connectivity index (χ1n) is 12.8. The molecule has 1 amide bonds. The summed E-state index contributed by atoms with van der Waals surface area (Å²) in [6.45, 7) is 7.34. The molecule has 1 atom stereocenters. The Morgan fingerprint density at radius 3 is 2.56 bits per heavy atom. The molecule has 3 aliphatic rings. The number of nitrogens with zero attached hydrogens (tertiary/aromatic N) is 5. The maximum Gasteiger partial charge on any atom is 0.410 e. The first-order valence-corrected chi connectivity index (χ1v) is 14.0. The quantitative estimate of drug-likeness (QED) is 0.437. The van der Waals surface area contributed by atoms with Crippen molar-refractivity contribution >= 4 is 23.7 Å². The van der Waals surface area contributed by atoms with Gasteiger partial charge in [-0.2, -0.15) is 5.26 Å². The van der Waals surface area contributed by atoms with Gasteiger partial charge in [0.2, 0.25) is 0 Å². The van der Waals surface area contributed by atoms with Crippen molar-refractivity contribution in [1.82, 2.24) is 14.9 Å². The number of benzene rings is 1. The number of aromatic nitrogens is 2. The third-order valence-corrected chi connectivity index (χ3v) is 8.21. The van der Waals surface area contributed by atoms with Gasteiger partial charge in [0.05, 0.1) is 24.2 Å². The summed E-state index contributed by atoms with van der Waals surface area (Å²) in [7, 11) is 0. The maximum absolute atomic E-state index is 12.9. The summed E-state index contributed by atoms with van der Waals surface area (Å²) in [4.78, 5) is 26.8. The number of ether oxygens (including phenoxy) is 1. The third-order valence-electron chi connectivity index (χ3n) is 7.67. The topological polar surface area (TPSA) is 82.4 Å². The van der Waals surface area contributed by atoms with E-state index in [0.29, 0.717) is 19.6 Å². The van der Waals surface area contributed by atoms with Gasteiger partial charge in [0.25, 0.3) is 0 Å². The molecule has 2 heterocycles. The Morgan fingerprint density at radius 1 is 1.19 bits per heavy atom. The van der Waals surface area contributed by atoms with Crippen LogP contribution < -0.4 is 4.90 Å². The number of hydrogen-bond donors (Lipinski definition) is 0. The van der Waals surface area contributed by atoms with E-state index in [1.54, 1.807) is 16.7 Å². The number of piperazine rings is 1. The summed E-state index contributed by atoms with van der Waals surface area (Å²) in [6.07, 6.45) is 7.24. The van der Waals surface area contributed by atoms with Gasteiger partial charge in [-0.05, 0) is 75.7 Å². The van der Waals surface area contributed by atoms with Crippen LogP contribution in [0.15, 0.2) is 29.4 Å². The van der Waals surface area contributed by atoms with E-state index < -0.39 is 5.60 Å². The van der Waals surface area contributed by atoms with E-state index in [-0.39, 0.29) is 24.0 Å². The standard InChI is InChI=1S/C28H35N5O2S/c1-27(2,3)35-26(34)33-14-13-32(18-21(33)10-12-29)24-22-9-11-28(17-23(22)30-25(31-24)36-4)15-19-7-5-6-8-20(19)16-28/h5-8,21H,9-11,13-18H2,1-4H3/t21-/m0/s1. The van der Waals surface area contributed by atoms with Crippen molar-refractivity contribution in [2.75, 3.05) is 30.8 Å². The van der Waals surface area contributed by atoms with E-state index in [4.69, 9.17) is 14.7 Å². The van der Waals surface area contributed by atoms with Crippen LogP contribution in [0.2, 0.25) is 0 Å². The van der Waals surface area contributed by atoms with Crippen LogP contribution in [0.25, 0.3) is 0 Å². The van der Waals surface area contributed by atoms with Crippen LogP contribution in [0, 0.1) is 16.7 Å². The molecular weight excluding hydrogens is 470 g/mol. The summed E-state index contributed by atoms with van der Waals surface area (Å²) in [5, 5.41) is 10.3. The molecule has 1 aromatic carbocycles. The zero-order valence-corrected chi connectivity index (χ0v) is 22.5. The van der Waals surface area contributed by atoms with Gasteiger partial charge in [-0.1, -0.05) is 36.0 Å². The lowest BCUT2D eigenvalue weighted by Crippen LogP contribution is -2.56. The molecule has 0 radical (unpaired) electrons. The molecule has 0 saturated carbocycles. The average Bonchev–Trinajstić information content (AvgIpc) is 3.19. The lowest BCUT2D eigenvalue weighted by molar-refractivity contribution is 0.0144. The highest BCUT2D eigenvalue weighted by Crippen LogP contribution is 2.47. The molecule has 1 spiro atoms. The van der Waals surface area contributed by atoms with Gasteiger partial charge < -0.3 is 14.5 Å². The number of carbonyl (C=O) groups excluding carboxylic acids is 1. The van der Waals surface area contributed by atoms with E-state index in [1.165, 1.54) is 22.4 Å². The fourth-order valence-corrected chi connectivity index (χ4v) is 6.43. The summed E-state index contributed by atoms with van der Waals surface area (Å²) in [5.41, 5.74) is 5.07. The monoisotopic (exact) mass is 505 g/mol. The van der Waals surface area contributed by atoms with Crippen molar-refractivity contribution in [2.24, 2.45) is 5.41 Å². The fraction of sp³-hybridized carbons (Fsp3) is 0.571. The van der Waals surface area contributed by atoms with Crippen molar-refractivity contribution in [3.05, 3.63) is 46.6 Å². The molecule has 2 aliphatic carbocycles. The van der Waals surface area contributed by atoms with Crippen LogP contribution in [0.5, 0.6) is 0 Å². The van der Waals surface area contributed by atoms with Gasteiger partial charge in [-0.15, -0.1) is 0 Å². The van der Waals surface area contributed by atoms with Gasteiger partial charge in [0, 0.05) is 25.2 Å². The number of anilines is 1. The molecule has 7 nitrogen and oxygen atoms in total. The molecule has 5 rings (SSSR count). The second kappa shape index (κ2) is 9.59. The fourth-order valence-electron chi connectivity index (χ4n) is 6.05. The Balaban J connectivity index is 1.40. The molecular formula is C28H35N5O2S. The number of nitriles is 1. The van der Waals surface area contributed by atoms with E-state index >= 15 is 0 Å². The molecule has 0 N–H and O–H groups in total. The Hall–Kier alpha value is -2.79. The molecule has 2 aromatic rings. The van der Waals surface area contributed by atoms with E-state index in [1.807, 2.05) is 27.0 Å². The van der Waals surface area contributed by atoms with Crippen LogP contribution in [0.1, 0.15) is 56.0 Å². The molecule has 0 unspecified atom stereocenters. The second-order valence-electron chi connectivity index (χ2n) is 11.4. The minimum atomic E-state index is -0.569. The Kier molecular flexibility index (Phi) is 6.63. The number of hydrogen-bond acceptors (Lipinski definition) is 7. The minimum Gasteiger partial charge on any atom is -0.444 e. The molecule has 1 aliphatic heterocycles. The highest BCUT2D eigenvalue weighted by molar-refractivity contribution is 7.98. The van der Waals surface area contributed by atoms with Crippen molar-refractivity contribution in [3.8, 4) is 6.07 Å². The van der Waals surface area contributed by atoms with Crippen molar-refractivity contribution in [2.45, 2.75) is 76.1 Å².